The van der Waals surface area contributed by atoms with Crippen molar-refractivity contribution in [1.29, 1.82) is 0 Å². The molecule has 0 aliphatic heterocycles. The van der Waals surface area contributed by atoms with Gasteiger partial charge < -0.3 is 10.5 Å². The molecule has 1 unspecified atom stereocenters. The first-order valence-electron chi connectivity index (χ1n) is 4.86. The largest absolute Gasteiger partial charge is 0.375 e. The Hall–Kier alpha value is -1.00. The normalized spacial score (nSPS) is 13.1. The maximum Gasteiger partial charge on any atom is 0.261 e. The van der Waals surface area contributed by atoms with Crippen LogP contribution < -0.4 is 5.73 Å². The van der Waals surface area contributed by atoms with Crippen molar-refractivity contribution >= 4 is 0 Å². The van der Waals surface area contributed by atoms with Crippen LogP contribution >= 0.6 is 0 Å². The molecular weight excluding hydrogens is 200 g/mol. The van der Waals surface area contributed by atoms with Crippen LogP contribution in [0.4, 0.5) is 8.78 Å². The van der Waals surface area contributed by atoms with E-state index < -0.39 is 13.0 Å². The van der Waals surface area contributed by atoms with E-state index in [0.29, 0.717) is 6.42 Å². The number of ether oxygens (including phenoxy) is 1. The molecule has 1 atom stereocenters. The van der Waals surface area contributed by atoms with Crippen molar-refractivity contribution in [3.05, 3.63) is 35.9 Å². The molecule has 0 aromatic heterocycles. The zero-order chi connectivity index (χ0) is 11.1. The van der Waals surface area contributed by atoms with Crippen LogP contribution in [-0.4, -0.2) is 19.6 Å². The molecule has 15 heavy (non-hydrogen) atoms. The first-order chi connectivity index (χ1) is 7.20. The highest BCUT2D eigenvalue weighted by Gasteiger charge is 2.06. The van der Waals surface area contributed by atoms with Crippen molar-refractivity contribution in [1.82, 2.24) is 0 Å². The van der Waals surface area contributed by atoms with Crippen LogP contribution in [0.3, 0.4) is 0 Å². The maximum absolute atomic E-state index is 11.7. The summed E-state index contributed by atoms with van der Waals surface area (Å²) in [5.41, 5.74) is 6.84. The number of rotatable bonds is 6. The molecule has 0 spiro atoms. The summed E-state index contributed by atoms with van der Waals surface area (Å²) >= 11 is 0. The van der Waals surface area contributed by atoms with Crippen LogP contribution in [0.15, 0.2) is 30.3 Å². The van der Waals surface area contributed by atoms with E-state index in [1.54, 1.807) is 0 Å². The third-order valence-corrected chi connectivity index (χ3v) is 2.04. The van der Waals surface area contributed by atoms with Gasteiger partial charge in [-0.1, -0.05) is 30.3 Å². The summed E-state index contributed by atoms with van der Waals surface area (Å²) in [5.74, 6) is 0. The molecule has 0 heterocycles. The summed E-state index contributed by atoms with van der Waals surface area (Å²) in [6.07, 6.45) is -1.85. The van der Waals surface area contributed by atoms with Crippen LogP contribution in [0.1, 0.15) is 18.0 Å². The molecule has 0 aliphatic carbocycles. The van der Waals surface area contributed by atoms with Crippen LogP contribution in [0.5, 0.6) is 0 Å². The first-order valence-corrected chi connectivity index (χ1v) is 4.86. The minimum absolute atomic E-state index is 0.149. The zero-order valence-corrected chi connectivity index (χ0v) is 8.40. The highest BCUT2D eigenvalue weighted by Crippen LogP contribution is 2.13. The van der Waals surface area contributed by atoms with E-state index in [2.05, 4.69) is 0 Å². The Balaban J connectivity index is 2.22. The lowest BCUT2D eigenvalue weighted by Crippen LogP contribution is -2.14. The first kappa shape index (κ1) is 12.1. The van der Waals surface area contributed by atoms with Crippen molar-refractivity contribution in [3.8, 4) is 0 Å². The fraction of sp³-hybridized carbons (Fsp3) is 0.455. The fourth-order valence-electron chi connectivity index (χ4n) is 1.25. The van der Waals surface area contributed by atoms with Gasteiger partial charge in [-0.2, -0.15) is 0 Å². The van der Waals surface area contributed by atoms with Gasteiger partial charge in [0.25, 0.3) is 6.43 Å². The Morgan fingerprint density at radius 1 is 1.20 bits per heavy atom. The number of halogens is 2. The van der Waals surface area contributed by atoms with Gasteiger partial charge in [-0.3, -0.25) is 0 Å². The molecule has 1 rings (SSSR count). The minimum atomic E-state index is -2.40. The number of alkyl halides is 2. The SMILES string of the molecule is NC(CCOCC(F)F)c1ccccc1. The molecule has 0 saturated heterocycles. The summed E-state index contributed by atoms with van der Waals surface area (Å²) in [5, 5.41) is 0. The highest BCUT2D eigenvalue weighted by molar-refractivity contribution is 5.18. The summed E-state index contributed by atoms with van der Waals surface area (Å²) in [6, 6.07) is 9.38. The van der Waals surface area contributed by atoms with Crippen LogP contribution in [0.2, 0.25) is 0 Å². The third kappa shape index (κ3) is 4.85. The smallest absolute Gasteiger partial charge is 0.261 e. The Morgan fingerprint density at radius 2 is 1.87 bits per heavy atom. The van der Waals surface area contributed by atoms with Gasteiger partial charge in [-0.05, 0) is 12.0 Å². The molecule has 0 saturated carbocycles. The van der Waals surface area contributed by atoms with Gasteiger partial charge in [0.05, 0.1) is 0 Å². The molecule has 0 bridgehead atoms. The van der Waals surface area contributed by atoms with E-state index in [9.17, 15) is 8.78 Å². The van der Waals surface area contributed by atoms with Gasteiger partial charge in [0.1, 0.15) is 6.61 Å². The average Bonchev–Trinajstić information content (AvgIpc) is 2.25. The molecule has 4 heteroatoms. The molecule has 0 aliphatic rings. The number of nitrogens with two attached hydrogens (primary N) is 1. The molecule has 0 radical (unpaired) electrons. The zero-order valence-electron chi connectivity index (χ0n) is 8.40. The predicted octanol–water partition coefficient (Wildman–Crippen LogP) is 2.36. The fourth-order valence-corrected chi connectivity index (χ4v) is 1.25. The second kappa shape index (κ2) is 6.48. The monoisotopic (exact) mass is 215 g/mol. The number of hydrogen-bond donors (Lipinski definition) is 1. The summed E-state index contributed by atoms with van der Waals surface area (Å²) in [6.45, 7) is -0.248. The number of benzene rings is 1. The Bertz CT molecular complexity index is 267. The van der Waals surface area contributed by atoms with Gasteiger partial charge in [0.2, 0.25) is 0 Å². The summed E-state index contributed by atoms with van der Waals surface area (Å²) in [7, 11) is 0. The molecule has 1 aromatic carbocycles. The van der Waals surface area contributed by atoms with E-state index in [-0.39, 0.29) is 12.6 Å². The van der Waals surface area contributed by atoms with Gasteiger partial charge in [0.15, 0.2) is 0 Å². The van der Waals surface area contributed by atoms with E-state index in [1.165, 1.54) is 0 Å². The summed E-state index contributed by atoms with van der Waals surface area (Å²) in [4.78, 5) is 0. The van der Waals surface area contributed by atoms with Gasteiger partial charge in [-0.25, -0.2) is 8.78 Å². The summed E-state index contributed by atoms with van der Waals surface area (Å²) < 4.78 is 28.2. The molecule has 2 nitrogen and oxygen atoms in total. The lowest BCUT2D eigenvalue weighted by atomic mass is 10.1. The molecular formula is C11H15F2NO. The van der Waals surface area contributed by atoms with Crippen LogP contribution in [0, 0.1) is 0 Å². The molecule has 0 amide bonds. The lowest BCUT2D eigenvalue weighted by molar-refractivity contribution is 0.0152. The van der Waals surface area contributed by atoms with E-state index in [1.807, 2.05) is 30.3 Å². The Kier molecular flexibility index (Phi) is 5.21. The predicted molar refractivity (Wildman–Crippen MR) is 54.8 cm³/mol. The van der Waals surface area contributed by atoms with Crippen molar-refractivity contribution in [2.75, 3.05) is 13.2 Å². The van der Waals surface area contributed by atoms with Gasteiger partial charge in [0, 0.05) is 12.6 Å². The van der Waals surface area contributed by atoms with Crippen molar-refractivity contribution in [3.63, 3.8) is 0 Å². The van der Waals surface area contributed by atoms with E-state index >= 15 is 0 Å². The second-order valence-corrected chi connectivity index (χ2v) is 3.27. The quantitative estimate of drug-likeness (QED) is 0.739. The second-order valence-electron chi connectivity index (χ2n) is 3.27. The van der Waals surface area contributed by atoms with Crippen molar-refractivity contribution in [2.24, 2.45) is 5.73 Å². The standard InChI is InChI=1S/C11H15F2NO/c12-11(13)8-15-7-6-10(14)9-4-2-1-3-5-9/h1-5,10-11H,6-8,14H2. The minimum Gasteiger partial charge on any atom is -0.375 e. The Labute approximate surface area is 88.0 Å². The van der Waals surface area contributed by atoms with Crippen molar-refractivity contribution < 1.29 is 13.5 Å². The topological polar surface area (TPSA) is 35.2 Å². The number of hydrogen-bond acceptors (Lipinski definition) is 2. The van der Waals surface area contributed by atoms with Crippen LogP contribution in [-0.2, 0) is 4.74 Å². The van der Waals surface area contributed by atoms with Gasteiger partial charge in [-0.15, -0.1) is 0 Å². The molecule has 1 aromatic rings. The molecule has 2 N–H and O–H groups in total. The van der Waals surface area contributed by atoms with Crippen molar-refractivity contribution in [2.45, 2.75) is 18.9 Å². The Morgan fingerprint density at radius 3 is 2.47 bits per heavy atom. The van der Waals surface area contributed by atoms with E-state index in [0.717, 1.165) is 5.56 Å². The third-order valence-electron chi connectivity index (χ3n) is 2.04. The van der Waals surface area contributed by atoms with E-state index in [4.69, 9.17) is 10.5 Å². The van der Waals surface area contributed by atoms with Gasteiger partial charge >= 0.3 is 0 Å². The molecule has 0 fully saturated rings. The highest BCUT2D eigenvalue weighted by atomic mass is 19.3. The maximum atomic E-state index is 11.7. The molecule has 84 valence electrons. The average molecular weight is 215 g/mol. The van der Waals surface area contributed by atoms with Crippen LogP contribution in [0.25, 0.3) is 0 Å². The lowest BCUT2D eigenvalue weighted by Gasteiger charge is -2.11.